The maximum absolute atomic E-state index is 11.7. The van der Waals surface area contributed by atoms with Crippen molar-refractivity contribution in [3.05, 3.63) is 0 Å². The Bertz CT molecular complexity index is 198. The van der Waals surface area contributed by atoms with Crippen LogP contribution in [0.1, 0.15) is 45.4 Å². The Balaban J connectivity index is 2.06. The molecular weight excluding hydrogens is 202 g/mol. The van der Waals surface area contributed by atoms with Gasteiger partial charge in [-0.05, 0) is 39.4 Å². The first kappa shape index (κ1) is 13.5. The van der Waals surface area contributed by atoms with E-state index in [0.717, 1.165) is 32.4 Å². The van der Waals surface area contributed by atoms with E-state index in [0.29, 0.717) is 6.61 Å². The van der Waals surface area contributed by atoms with Crippen LogP contribution < -0.4 is 0 Å². The Morgan fingerprint density at radius 2 is 1.94 bits per heavy atom. The summed E-state index contributed by atoms with van der Waals surface area (Å²) < 4.78 is 5.31. The molecule has 16 heavy (non-hydrogen) atoms. The molecule has 1 heterocycles. The van der Waals surface area contributed by atoms with Gasteiger partial charge in [-0.1, -0.05) is 26.2 Å². The maximum Gasteiger partial charge on any atom is 0.309 e. The summed E-state index contributed by atoms with van der Waals surface area (Å²) in [6.45, 7) is 4.85. The second-order valence-electron chi connectivity index (χ2n) is 4.81. The second kappa shape index (κ2) is 7.66. The molecule has 1 fully saturated rings. The third kappa shape index (κ3) is 4.97. The number of piperidine rings is 1. The Kier molecular flexibility index (Phi) is 6.46. The molecule has 3 heteroatoms. The van der Waals surface area contributed by atoms with Crippen molar-refractivity contribution in [2.75, 3.05) is 26.7 Å². The maximum atomic E-state index is 11.7. The smallest absolute Gasteiger partial charge is 0.309 e. The summed E-state index contributed by atoms with van der Waals surface area (Å²) in [6.07, 6.45) is 6.59. The minimum atomic E-state index is 0.0320. The molecule has 0 aromatic heterocycles. The van der Waals surface area contributed by atoms with Crippen LogP contribution >= 0.6 is 0 Å². The molecule has 0 saturated carbocycles. The lowest BCUT2D eigenvalue weighted by molar-refractivity contribution is -0.150. The molecule has 0 spiro atoms. The van der Waals surface area contributed by atoms with E-state index in [2.05, 4.69) is 18.9 Å². The van der Waals surface area contributed by atoms with E-state index >= 15 is 0 Å². The van der Waals surface area contributed by atoms with Gasteiger partial charge in [0.2, 0.25) is 0 Å². The molecule has 1 aliphatic heterocycles. The highest BCUT2D eigenvalue weighted by Crippen LogP contribution is 2.17. The van der Waals surface area contributed by atoms with Crippen LogP contribution in [0.15, 0.2) is 0 Å². The van der Waals surface area contributed by atoms with E-state index in [1.165, 1.54) is 19.3 Å². The van der Waals surface area contributed by atoms with Crippen molar-refractivity contribution in [1.29, 1.82) is 0 Å². The molecule has 0 aromatic carbocycles. The second-order valence-corrected chi connectivity index (χ2v) is 4.81. The number of carbonyl (C=O) groups excluding carboxylic acids is 1. The van der Waals surface area contributed by atoms with Gasteiger partial charge in [0.1, 0.15) is 0 Å². The van der Waals surface area contributed by atoms with Gasteiger partial charge in [-0.2, -0.15) is 0 Å². The number of ether oxygens (including phenoxy) is 1. The predicted octanol–water partition coefficient (Wildman–Crippen LogP) is 2.45. The topological polar surface area (TPSA) is 29.5 Å². The summed E-state index contributed by atoms with van der Waals surface area (Å²) in [6, 6.07) is 0. The first-order valence-corrected chi connectivity index (χ1v) is 6.59. The van der Waals surface area contributed by atoms with E-state index in [-0.39, 0.29) is 11.9 Å². The van der Waals surface area contributed by atoms with Crippen LogP contribution in [0.2, 0.25) is 0 Å². The first-order chi connectivity index (χ1) is 7.74. The molecule has 1 saturated heterocycles. The molecule has 0 bridgehead atoms. The van der Waals surface area contributed by atoms with Crippen LogP contribution in [-0.2, 0) is 9.53 Å². The van der Waals surface area contributed by atoms with E-state index in [4.69, 9.17) is 4.74 Å². The summed E-state index contributed by atoms with van der Waals surface area (Å²) in [7, 11) is 2.10. The van der Waals surface area contributed by atoms with Crippen LogP contribution in [0.3, 0.4) is 0 Å². The molecule has 1 aliphatic rings. The minimum absolute atomic E-state index is 0.0320. The summed E-state index contributed by atoms with van der Waals surface area (Å²) in [5, 5.41) is 0. The summed E-state index contributed by atoms with van der Waals surface area (Å²) >= 11 is 0. The highest BCUT2D eigenvalue weighted by molar-refractivity contribution is 5.72. The molecule has 94 valence electrons. The number of likely N-dealkylation sites (tertiary alicyclic amines) is 1. The lowest BCUT2D eigenvalue weighted by Crippen LogP contribution is -2.34. The van der Waals surface area contributed by atoms with Gasteiger partial charge in [-0.25, -0.2) is 0 Å². The average Bonchev–Trinajstić information content (AvgIpc) is 2.29. The SMILES string of the molecule is CCCCCCOC(=O)C1CCN(C)CC1. The molecule has 0 radical (unpaired) electrons. The van der Waals surface area contributed by atoms with Gasteiger partial charge in [0.05, 0.1) is 12.5 Å². The standard InChI is InChI=1S/C13H25NO2/c1-3-4-5-6-11-16-13(15)12-7-9-14(2)10-8-12/h12H,3-11H2,1-2H3. The third-order valence-electron chi connectivity index (χ3n) is 3.29. The van der Waals surface area contributed by atoms with Crippen molar-refractivity contribution in [3.63, 3.8) is 0 Å². The molecule has 0 amide bonds. The van der Waals surface area contributed by atoms with Gasteiger partial charge < -0.3 is 9.64 Å². The number of carbonyl (C=O) groups is 1. The van der Waals surface area contributed by atoms with Crippen LogP contribution in [0.4, 0.5) is 0 Å². The summed E-state index contributed by atoms with van der Waals surface area (Å²) in [5.41, 5.74) is 0. The van der Waals surface area contributed by atoms with Gasteiger partial charge in [0.25, 0.3) is 0 Å². The molecule has 1 rings (SSSR count). The molecule has 0 aliphatic carbocycles. The van der Waals surface area contributed by atoms with E-state index in [1.54, 1.807) is 0 Å². The summed E-state index contributed by atoms with van der Waals surface area (Å²) in [4.78, 5) is 14.0. The fraction of sp³-hybridized carbons (Fsp3) is 0.923. The number of hydrogen-bond acceptors (Lipinski definition) is 3. The molecular formula is C13H25NO2. The Morgan fingerprint density at radius 1 is 1.25 bits per heavy atom. The third-order valence-corrected chi connectivity index (χ3v) is 3.29. The molecule has 0 N–H and O–H groups in total. The van der Waals surface area contributed by atoms with E-state index in [9.17, 15) is 4.79 Å². The quantitative estimate of drug-likeness (QED) is 0.515. The normalized spacial score (nSPS) is 18.6. The zero-order valence-corrected chi connectivity index (χ0v) is 10.7. The number of rotatable bonds is 6. The molecule has 0 unspecified atom stereocenters. The zero-order chi connectivity index (χ0) is 11.8. The van der Waals surface area contributed by atoms with Gasteiger partial charge in [-0.3, -0.25) is 4.79 Å². The molecule has 3 nitrogen and oxygen atoms in total. The fourth-order valence-electron chi connectivity index (χ4n) is 2.06. The Hall–Kier alpha value is -0.570. The van der Waals surface area contributed by atoms with Crippen LogP contribution in [0.25, 0.3) is 0 Å². The summed E-state index contributed by atoms with van der Waals surface area (Å²) in [5.74, 6) is 0.187. The fourth-order valence-corrected chi connectivity index (χ4v) is 2.06. The zero-order valence-electron chi connectivity index (χ0n) is 10.7. The minimum Gasteiger partial charge on any atom is -0.465 e. The number of nitrogens with zero attached hydrogens (tertiary/aromatic N) is 1. The van der Waals surface area contributed by atoms with Crippen molar-refractivity contribution in [2.24, 2.45) is 5.92 Å². The van der Waals surface area contributed by atoms with Gasteiger partial charge in [0, 0.05) is 0 Å². The van der Waals surface area contributed by atoms with Crippen molar-refractivity contribution in [3.8, 4) is 0 Å². The lowest BCUT2D eigenvalue weighted by Gasteiger charge is -2.27. The van der Waals surface area contributed by atoms with E-state index in [1.807, 2.05) is 0 Å². The average molecular weight is 227 g/mol. The number of unbranched alkanes of at least 4 members (excludes halogenated alkanes) is 3. The monoisotopic (exact) mass is 227 g/mol. The first-order valence-electron chi connectivity index (χ1n) is 6.59. The highest BCUT2D eigenvalue weighted by Gasteiger charge is 2.24. The van der Waals surface area contributed by atoms with Gasteiger partial charge in [0.15, 0.2) is 0 Å². The van der Waals surface area contributed by atoms with Crippen LogP contribution in [0.5, 0.6) is 0 Å². The predicted molar refractivity (Wildman–Crippen MR) is 65.3 cm³/mol. The lowest BCUT2D eigenvalue weighted by atomic mass is 9.97. The molecule has 0 aromatic rings. The largest absolute Gasteiger partial charge is 0.465 e. The van der Waals surface area contributed by atoms with Crippen molar-refractivity contribution < 1.29 is 9.53 Å². The van der Waals surface area contributed by atoms with Crippen molar-refractivity contribution in [1.82, 2.24) is 4.90 Å². The Morgan fingerprint density at radius 3 is 2.56 bits per heavy atom. The van der Waals surface area contributed by atoms with Crippen LogP contribution in [0, 0.1) is 5.92 Å². The molecule has 0 atom stereocenters. The van der Waals surface area contributed by atoms with Crippen molar-refractivity contribution in [2.45, 2.75) is 45.4 Å². The van der Waals surface area contributed by atoms with Gasteiger partial charge in [-0.15, -0.1) is 0 Å². The van der Waals surface area contributed by atoms with Crippen molar-refractivity contribution >= 4 is 5.97 Å². The number of esters is 1. The van der Waals surface area contributed by atoms with E-state index < -0.39 is 0 Å². The van der Waals surface area contributed by atoms with Gasteiger partial charge >= 0.3 is 5.97 Å². The number of hydrogen-bond donors (Lipinski definition) is 0. The van der Waals surface area contributed by atoms with Crippen LogP contribution in [-0.4, -0.2) is 37.6 Å². The highest BCUT2D eigenvalue weighted by atomic mass is 16.5. The Labute approximate surface area is 99.1 Å².